The van der Waals surface area contributed by atoms with E-state index >= 15 is 0 Å². The first kappa shape index (κ1) is 19.3. The number of fused-ring (bicyclic) bond motifs is 2. The van der Waals surface area contributed by atoms with Gasteiger partial charge >= 0.3 is 12.3 Å². The molecule has 1 aromatic carbocycles. The first-order valence-electron chi connectivity index (χ1n) is 8.83. The predicted molar refractivity (Wildman–Crippen MR) is 93.6 cm³/mol. The summed E-state index contributed by atoms with van der Waals surface area (Å²) in [5.74, 6) is 0. The third-order valence-electron chi connectivity index (χ3n) is 4.80. The molecule has 0 radical (unpaired) electrons. The Balaban J connectivity index is 1.95. The van der Waals surface area contributed by atoms with Gasteiger partial charge in [0.05, 0.1) is 23.2 Å². The second kappa shape index (κ2) is 6.59. The van der Waals surface area contributed by atoms with Crippen LogP contribution in [0.4, 0.5) is 18.0 Å². The molecule has 4 nitrogen and oxygen atoms in total. The van der Waals surface area contributed by atoms with Gasteiger partial charge in [0, 0.05) is 6.04 Å². The molecule has 2 heterocycles. The average molecular weight is 378 g/mol. The Labute approximate surface area is 156 Å². The molecule has 1 aromatic rings. The van der Waals surface area contributed by atoms with Gasteiger partial charge in [0.2, 0.25) is 0 Å². The van der Waals surface area contributed by atoms with E-state index in [4.69, 9.17) is 10.00 Å². The summed E-state index contributed by atoms with van der Waals surface area (Å²) >= 11 is 0. The van der Waals surface area contributed by atoms with Gasteiger partial charge in [0.25, 0.3) is 0 Å². The molecule has 144 valence electrons. The number of hydrogen-bond acceptors (Lipinski definition) is 3. The molecule has 1 saturated heterocycles. The maximum atomic E-state index is 13.5. The molecule has 2 aliphatic heterocycles. The van der Waals surface area contributed by atoms with E-state index in [1.54, 1.807) is 37.8 Å². The van der Waals surface area contributed by atoms with Crippen molar-refractivity contribution in [2.24, 2.45) is 0 Å². The van der Waals surface area contributed by atoms with Crippen LogP contribution < -0.4 is 0 Å². The number of carbonyl (C=O) groups excluding carboxylic acids is 1. The molecule has 0 saturated carbocycles. The molecule has 0 aliphatic carbocycles. The number of halogens is 3. The van der Waals surface area contributed by atoms with Crippen LogP contribution >= 0.6 is 0 Å². The van der Waals surface area contributed by atoms with Gasteiger partial charge in [-0.25, -0.2) is 4.79 Å². The maximum absolute atomic E-state index is 13.5. The second-order valence-corrected chi connectivity index (χ2v) is 7.95. The first-order chi connectivity index (χ1) is 12.5. The van der Waals surface area contributed by atoms with E-state index < -0.39 is 23.4 Å². The van der Waals surface area contributed by atoms with Crippen molar-refractivity contribution in [1.82, 2.24) is 4.90 Å². The number of nitrogens with zero attached hydrogens (tertiary/aromatic N) is 2. The van der Waals surface area contributed by atoms with Crippen LogP contribution in [0.25, 0.3) is 5.57 Å². The van der Waals surface area contributed by atoms with Gasteiger partial charge in [-0.1, -0.05) is 12.1 Å². The summed E-state index contributed by atoms with van der Waals surface area (Å²) in [6.07, 6.45) is -1.48. The van der Waals surface area contributed by atoms with Crippen molar-refractivity contribution in [2.75, 3.05) is 0 Å². The Morgan fingerprint density at radius 1 is 1.26 bits per heavy atom. The summed E-state index contributed by atoms with van der Waals surface area (Å²) in [7, 11) is 0. The van der Waals surface area contributed by atoms with Crippen molar-refractivity contribution >= 4 is 11.7 Å². The zero-order chi connectivity index (χ0) is 20.0. The van der Waals surface area contributed by atoms with Gasteiger partial charge in [-0.2, -0.15) is 18.4 Å². The molecule has 0 spiro atoms. The smallest absolute Gasteiger partial charge is 0.417 e. The SMILES string of the molecule is CC(C)(C)OC(=O)N1C2C=C(c3ccc(C#N)cc3C(F)(F)F)CC1CC2. The summed E-state index contributed by atoms with van der Waals surface area (Å²) in [5.41, 5.74) is -0.808. The molecule has 0 aromatic heterocycles. The minimum atomic E-state index is -4.55. The van der Waals surface area contributed by atoms with Crippen LogP contribution in [0.2, 0.25) is 0 Å². The van der Waals surface area contributed by atoms with Crippen LogP contribution in [-0.2, 0) is 10.9 Å². The van der Waals surface area contributed by atoms with Gasteiger partial charge in [-0.05, 0) is 63.3 Å². The molecule has 27 heavy (non-hydrogen) atoms. The Morgan fingerprint density at radius 3 is 2.52 bits per heavy atom. The van der Waals surface area contributed by atoms with Crippen LogP contribution in [0.5, 0.6) is 0 Å². The van der Waals surface area contributed by atoms with Gasteiger partial charge < -0.3 is 4.74 Å². The fourth-order valence-corrected chi connectivity index (χ4v) is 3.76. The zero-order valence-electron chi connectivity index (χ0n) is 15.4. The highest BCUT2D eigenvalue weighted by atomic mass is 19.4. The van der Waals surface area contributed by atoms with Crippen LogP contribution in [0, 0.1) is 11.3 Å². The molecular formula is C20H21F3N2O2. The third-order valence-corrected chi connectivity index (χ3v) is 4.80. The van der Waals surface area contributed by atoms with E-state index in [1.807, 2.05) is 0 Å². The van der Waals surface area contributed by atoms with Crippen molar-refractivity contribution in [3.63, 3.8) is 0 Å². The van der Waals surface area contributed by atoms with Gasteiger partial charge in [-0.3, -0.25) is 4.90 Å². The summed E-state index contributed by atoms with van der Waals surface area (Å²) in [5, 5.41) is 8.92. The van der Waals surface area contributed by atoms with Crippen LogP contribution in [0.15, 0.2) is 24.3 Å². The molecule has 0 N–H and O–H groups in total. The number of rotatable bonds is 1. The fraction of sp³-hybridized carbons (Fsp3) is 0.500. The Hall–Kier alpha value is -2.49. The number of ether oxygens (including phenoxy) is 1. The summed E-state index contributed by atoms with van der Waals surface area (Å²) in [6.45, 7) is 5.35. The monoisotopic (exact) mass is 378 g/mol. The van der Waals surface area contributed by atoms with Gasteiger partial charge in [-0.15, -0.1) is 0 Å². The fourth-order valence-electron chi connectivity index (χ4n) is 3.76. The van der Waals surface area contributed by atoms with E-state index in [-0.39, 0.29) is 23.2 Å². The minimum Gasteiger partial charge on any atom is -0.444 e. The van der Waals surface area contributed by atoms with Gasteiger partial charge in [0.1, 0.15) is 5.60 Å². The van der Waals surface area contributed by atoms with Crippen molar-refractivity contribution in [3.05, 3.63) is 41.0 Å². The number of carbonyl (C=O) groups is 1. The number of hydrogen-bond donors (Lipinski definition) is 0. The molecule has 3 rings (SSSR count). The van der Waals surface area contributed by atoms with Gasteiger partial charge in [0.15, 0.2) is 0 Å². The largest absolute Gasteiger partial charge is 0.444 e. The molecule has 7 heteroatoms. The highest BCUT2D eigenvalue weighted by molar-refractivity contribution is 5.76. The summed E-state index contributed by atoms with van der Waals surface area (Å²) < 4.78 is 45.9. The number of amides is 1. The number of alkyl halides is 3. The normalized spacial score (nSPS) is 22.3. The van der Waals surface area contributed by atoms with E-state index in [0.29, 0.717) is 18.4 Å². The standard InChI is InChI=1S/C20H21F3N2O2/c1-19(2,3)27-18(26)25-14-5-6-15(25)10-13(9-14)16-7-4-12(11-24)8-17(16)20(21,22)23/h4,7-9,14-15H,5-6,10H2,1-3H3. The van der Waals surface area contributed by atoms with E-state index in [0.717, 1.165) is 12.5 Å². The molecule has 1 amide bonds. The quantitative estimate of drug-likeness (QED) is 0.681. The highest BCUT2D eigenvalue weighted by Crippen LogP contribution is 2.43. The van der Waals surface area contributed by atoms with Crippen LogP contribution in [0.1, 0.15) is 56.7 Å². The Bertz CT molecular complexity index is 831. The van der Waals surface area contributed by atoms with Crippen molar-refractivity contribution < 1.29 is 22.7 Å². The summed E-state index contributed by atoms with van der Waals surface area (Å²) in [4.78, 5) is 14.1. The van der Waals surface area contributed by atoms with E-state index in [1.165, 1.54) is 12.1 Å². The Kier molecular flexibility index (Phi) is 4.71. The molecule has 2 unspecified atom stereocenters. The van der Waals surface area contributed by atoms with Crippen molar-refractivity contribution in [3.8, 4) is 6.07 Å². The maximum Gasteiger partial charge on any atom is 0.417 e. The predicted octanol–water partition coefficient (Wildman–Crippen LogP) is 5.13. The van der Waals surface area contributed by atoms with E-state index in [2.05, 4.69) is 0 Å². The minimum absolute atomic E-state index is 0.0270. The van der Waals surface area contributed by atoms with Crippen molar-refractivity contribution in [2.45, 2.75) is 63.9 Å². The Morgan fingerprint density at radius 2 is 1.96 bits per heavy atom. The lowest BCUT2D eigenvalue weighted by molar-refractivity contribution is -0.137. The molecule has 2 bridgehead atoms. The average Bonchev–Trinajstić information content (AvgIpc) is 2.82. The lowest BCUT2D eigenvalue weighted by atomic mass is 9.90. The molecule has 2 aliphatic rings. The zero-order valence-corrected chi connectivity index (χ0v) is 15.4. The molecule has 1 fully saturated rings. The van der Waals surface area contributed by atoms with Crippen LogP contribution in [0.3, 0.4) is 0 Å². The summed E-state index contributed by atoms with van der Waals surface area (Å²) in [6, 6.07) is 4.94. The molecular weight excluding hydrogens is 357 g/mol. The third kappa shape index (κ3) is 3.95. The number of nitriles is 1. The lowest BCUT2D eigenvalue weighted by Crippen LogP contribution is -2.45. The second-order valence-electron chi connectivity index (χ2n) is 7.95. The van der Waals surface area contributed by atoms with E-state index in [9.17, 15) is 18.0 Å². The lowest BCUT2D eigenvalue weighted by Gasteiger charge is -2.35. The molecule has 2 atom stereocenters. The van der Waals surface area contributed by atoms with Crippen molar-refractivity contribution in [1.29, 1.82) is 5.26 Å². The number of benzene rings is 1. The highest BCUT2D eigenvalue weighted by Gasteiger charge is 2.43. The van der Waals surface area contributed by atoms with Crippen LogP contribution in [-0.4, -0.2) is 28.7 Å². The topological polar surface area (TPSA) is 53.3 Å². The first-order valence-corrected chi connectivity index (χ1v) is 8.83.